The molecule has 8 nitrogen and oxygen atoms in total. The molecule has 1 atom stereocenters. The second-order valence-corrected chi connectivity index (χ2v) is 8.69. The van der Waals surface area contributed by atoms with Crippen molar-refractivity contribution < 1.29 is 23.4 Å². The van der Waals surface area contributed by atoms with Gasteiger partial charge < -0.3 is 33.6 Å². The number of nitrogens with zero attached hydrogens (tertiary/aromatic N) is 1. The van der Waals surface area contributed by atoms with Crippen LogP contribution in [0.5, 0.6) is 17.2 Å². The van der Waals surface area contributed by atoms with Crippen LogP contribution in [-0.4, -0.2) is 57.6 Å². The second-order valence-electron chi connectivity index (χ2n) is 8.31. The summed E-state index contributed by atoms with van der Waals surface area (Å²) in [5, 5.41) is 4.78. The minimum Gasteiger partial charge on any atom is -0.493 e. The Morgan fingerprint density at radius 1 is 1.14 bits per heavy atom. The van der Waals surface area contributed by atoms with Crippen molar-refractivity contribution in [3.63, 3.8) is 0 Å². The van der Waals surface area contributed by atoms with Crippen molar-refractivity contribution in [1.29, 1.82) is 0 Å². The van der Waals surface area contributed by atoms with Crippen molar-refractivity contribution in [1.82, 2.24) is 10.2 Å². The molecule has 1 aromatic heterocycles. The number of ether oxygens (including phenoxy) is 4. The lowest BCUT2D eigenvalue weighted by Crippen LogP contribution is -2.47. The summed E-state index contributed by atoms with van der Waals surface area (Å²) in [5.41, 5.74) is 3.20. The quantitative estimate of drug-likeness (QED) is 0.284. The van der Waals surface area contributed by atoms with Gasteiger partial charge in [0.25, 0.3) is 0 Å². The molecule has 0 bridgehead atoms. The van der Waals surface area contributed by atoms with Crippen LogP contribution in [0.2, 0.25) is 0 Å². The molecule has 4 rings (SSSR count). The molecule has 35 heavy (non-hydrogen) atoms. The van der Waals surface area contributed by atoms with Gasteiger partial charge in [-0.1, -0.05) is 0 Å². The molecule has 1 N–H and O–H groups in total. The number of benzene rings is 2. The van der Waals surface area contributed by atoms with Crippen LogP contribution in [0.25, 0.3) is 11.0 Å². The molecule has 186 valence electrons. The summed E-state index contributed by atoms with van der Waals surface area (Å²) >= 11 is 5.72. The fraction of sp³-hybridized carbons (Fsp3) is 0.385. The van der Waals surface area contributed by atoms with Gasteiger partial charge in [-0.2, -0.15) is 0 Å². The highest BCUT2D eigenvalue weighted by Gasteiger charge is 2.31. The number of methoxy groups -OCH3 is 3. The van der Waals surface area contributed by atoms with Gasteiger partial charge in [-0.25, -0.2) is 4.79 Å². The van der Waals surface area contributed by atoms with Gasteiger partial charge in [0.05, 0.1) is 26.9 Å². The Bertz CT molecular complexity index is 1270. The fourth-order valence-electron chi connectivity index (χ4n) is 4.38. The maximum atomic E-state index is 11.8. The highest BCUT2D eigenvalue weighted by molar-refractivity contribution is 7.80. The first-order chi connectivity index (χ1) is 16.9. The van der Waals surface area contributed by atoms with Gasteiger partial charge >= 0.3 is 5.63 Å². The Hall–Kier alpha value is -3.30. The second kappa shape index (κ2) is 11.0. The van der Waals surface area contributed by atoms with Crippen molar-refractivity contribution in [2.45, 2.75) is 19.4 Å². The van der Waals surface area contributed by atoms with Gasteiger partial charge in [0.1, 0.15) is 17.9 Å². The minimum absolute atomic E-state index is 0.165. The maximum Gasteiger partial charge on any atom is 0.336 e. The van der Waals surface area contributed by atoms with Gasteiger partial charge in [0.15, 0.2) is 16.6 Å². The summed E-state index contributed by atoms with van der Waals surface area (Å²) in [6.07, 6.45) is 0.804. The van der Waals surface area contributed by atoms with Gasteiger partial charge in [-0.3, -0.25) is 0 Å². The molecule has 1 aliphatic rings. The van der Waals surface area contributed by atoms with E-state index in [1.54, 1.807) is 27.4 Å². The van der Waals surface area contributed by atoms with Crippen molar-refractivity contribution in [3.8, 4) is 17.2 Å². The first-order valence-electron chi connectivity index (χ1n) is 11.4. The first kappa shape index (κ1) is 24.8. The fourth-order valence-corrected chi connectivity index (χ4v) is 4.70. The molecular formula is C26H30N2O6S. The van der Waals surface area contributed by atoms with Crippen LogP contribution in [0.3, 0.4) is 0 Å². The Balaban J connectivity index is 1.64. The van der Waals surface area contributed by atoms with Gasteiger partial charge in [-0.05, 0) is 66.5 Å². The van der Waals surface area contributed by atoms with Gasteiger partial charge in [0.2, 0.25) is 0 Å². The van der Waals surface area contributed by atoms with Crippen LogP contribution in [-0.2, 0) is 11.2 Å². The lowest BCUT2D eigenvalue weighted by Gasteiger charge is -2.39. The monoisotopic (exact) mass is 498 g/mol. The third-order valence-corrected chi connectivity index (χ3v) is 6.56. The molecule has 0 fully saturated rings. The largest absolute Gasteiger partial charge is 0.493 e. The summed E-state index contributed by atoms with van der Waals surface area (Å²) < 4.78 is 27.8. The van der Waals surface area contributed by atoms with E-state index in [1.807, 2.05) is 31.2 Å². The predicted molar refractivity (Wildman–Crippen MR) is 138 cm³/mol. The molecule has 0 amide bonds. The summed E-state index contributed by atoms with van der Waals surface area (Å²) in [7, 11) is 4.91. The molecule has 0 saturated heterocycles. The molecule has 0 radical (unpaired) electrons. The van der Waals surface area contributed by atoms with E-state index >= 15 is 0 Å². The summed E-state index contributed by atoms with van der Waals surface area (Å²) in [5.74, 6) is 1.96. The van der Waals surface area contributed by atoms with E-state index in [4.69, 9.17) is 35.6 Å². The third-order valence-electron chi connectivity index (χ3n) is 6.18. The molecule has 2 heterocycles. The minimum atomic E-state index is -0.381. The molecule has 0 aliphatic carbocycles. The molecule has 3 aromatic rings. The molecule has 0 saturated carbocycles. The van der Waals surface area contributed by atoms with E-state index in [9.17, 15) is 4.79 Å². The zero-order valence-electron chi connectivity index (χ0n) is 20.4. The average molecular weight is 499 g/mol. The van der Waals surface area contributed by atoms with E-state index < -0.39 is 0 Å². The van der Waals surface area contributed by atoms with Crippen LogP contribution in [0.1, 0.15) is 22.7 Å². The van der Waals surface area contributed by atoms with Crippen LogP contribution in [0, 0.1) is 6.92 Å². The van der Waals surface area contributed by atoms with E-state index in [1.165, 1.54) is 6.07 Å². The smallest absolute Gasteiger partial charge is 0.336 e. The standard InChI is InChI=1S/C26H30N2O6S/c1-16-11-25(29)34-22-13-18(5-6-19(16)22)33-15-21-20-14-24(32-4)23(31-3)12-17(20)7-9-28(21)26(35)27-8-10-30-2/h5-6,11-14,21H,7-10,15H2,1-4H3,(H,27,35)/t21-/m1/s1. The first-order valence-corrected chi connectivity index (χ1v) is 11.8. The number of hydrogen-bond acceptors (Lipinski definition) is 7. The summed E-state index contributed by atoms with van der Waals surface area (Å²) in [6, 6.07) is 10.9. The zero-order valence-corrected chi connectivity index (χ0v) is 21.2. The normalized spacial score (nSPS) is 15.0. The van der Waals surface area contributed by atoms with E-state index in [2.05, 4.69) is 10.2 Å². The predicted octanol–water partition coefficient (Wildman–Crippen LogP) is 3.62. The van der Waals surface area contributed by atoms with Crippen molar-refractivity contribution in [2.75, 3.05) is 47.6 Å². The average Bonchev–Trinajstić information content (AvgIpc) is 2.85. The van der Waals surface area contributed by atoms with Crippen LogP contribution >= 0.6 is 12.2 Å². The Labute approximate surface area is 209 Å². The molecular weight excluding hydrogens is 468 g/mol. The van der Waals surface area contributed by atoms with E-state index in [0.717, 1.165) is 35.0 Å². The van der Waals surface area contributed by atoms with Gasteiger partial charge in [0, 0.05) is 37.7 Å². The molecule has 2 aromatic carbocycles. The number of rotatable bonds is 8. The van der Waals surface area contributed by atoms with Crippen LogP contribution in [0.15, 0.2) is 45.6 Å². The number of hydrogen-bond donors (Lipinski definition) is 1. The van der Waals surface area contributed by atoms with Crippen LogP contribution < -0.4 is 25.2 Å². The third kappa shape index (κ3) is 5.36. The van der Waals surface area contributed by atoms with E-state index in [-0.39, 0.29) is 11.7 Å². The topological polar surface area (TPSA) is 82.4 Å². The van der Waals surface area contributed by atoms with Crippen LogP contribution in [0.4, 0.5) is 0 Å². The SMILES string of the molecule is COCCNC(=S)N1CCc2cc(OC)c(OC)cc2[C@H]1COc1ccc2c(C)cc(=O)oc2c1. The Morgan fingerprint density at radius 2 is 1.91 bits per heavy atom. The molecule has 0 spiro atoms. The molecule has 9 heteroatoms. The highest BCUT2D eigenvalue weighted by atomic mass is 32.1. The zero-order chi connectivity index (χ0) is 24.9. The Morgan fingerprint density at radius 3 is 2.66 bits per heavy atom. The molecule has 1 aliphatic heterocycles. The number of aryl methyl sites for hydroxylation is 1. The number of thiocarbonyl (C=S) groups is 1. The molecule has 0 unspecified atom stereocenters. The lowest BCUT2D eigenvalue weighted by atomic mass is 9.92. The maximum absolute atomic E-state index is 11.8. The van der Waals surface area contributed by atoms with E-state index in [0.29, 0.717) is 47.7 Å². The number of nitrogens with one attached hydrogen (secondary N) is 1. The van der Waals surface area contributed by atoms with Gasteiger partial charge in [-0.15, -0.1) is 0 Å². The van der Waals surface area contributed by atoms with Crippen molar-refractivity contribution in [2.24, 2.45) is 0 Å². The van der Waals surface area contributed by atoms with Crippen molar-refractivity contribution in [3.05, 3.63) is 63.5 Å². The lowest BCUT2D eigenvalue weighted by molar-refractivity contribution is 0.182. The summed E-state index contributed by atoms with van der Waals surface area (Å²) in [4.78, 5) is 14.0. The highest BCUT2D eigenvalue weighted by Crippen LogP contribution is 2.38. The summed E-state index contributed by atoms with van der Waals surface area (Å²) in [6.45, 7) is 4.10. The number of fused-ring (bicyclic) bond motifs is 2. The Kier molecular flexibility index (Phi) is 7.77. The van der Waals surface area contributed by atoms with Crippen molar-refractivity contribution >= 4 is 28.3 Å².